The maximum Gasteiger partial charge on any atom is 0.317 e. The third-order valence-corrected chi connectivity index (χ3v) is 7.77. The zero-order valence-electron chi connectivity index (χ0n) is 21.2. The van der Waals surface area contributed by atoms with Gasteiger partial charge in [0.2, 0.25) is 0 Å². The van der Waals surface area contributed by atoms with Gasteiger partial charge >= 0.3 is 12.0 Å². The topological polar surface area (TPSA) is 96.9 Å². The first-order valence-electron chi connectivity index (χ1n) is 12.6. The first-order chi connectivity index (χ1) is 17.5. The summed E-state index contributed by atoms with van der Waals surface area (Å²) in [6.45, 7) is 6.48. The third-order valence-electron chi connectivity index (χ3n) is 6.72. The lowest BCUT2D eigenvalue weighted by Gasteiger charge is -2.32. The highest BCUT2D eigenvalue weighted by Gasteiger charge is 2.27. The lowest BCUT2D eigenvalue weighted by atomic mass is 9.89. The van der Waals surface area contributed by atoms with Crippen molar-refractivity contribution in [2.24, 2.45) is 11.8 Å². The fourth-order valence-corrected chi connectivity index (χ4v) is 5.61. The molecule has 1 unspecified atom stereocenters. The number of methoxy groups -OCH3 is 1. The number of urea groups is 1. The summed E-state index contributed by atoms with van der Waals surface area (Å²) in [6.07, 6.45) is 7.13. The van der Waals surface area contributed by atoms with Gasteiger partial charge in [-0.25, -0.2) is 14.8 Å². The lowest BCUT2D eigenvalue weighted by Crippen LogP contribution is -2.44. The highest BCUT2D eigenvalue weighted by Crippen LogP contribution is 2.46. The molecule has 1 N–H and O–H groups in total. The second-order valence-electron chi connectivity index (χ2n) is 9.25. The van der Waals surface area contributed by atoms with Crippen molar-refractivity contribution >= 4 is 35.3 Å². The number of amides is 2. The van der Waals surface area contributed by atoms with Crippen LogP contribution in [0.2, 0.25) is 0 Å². The second kappa shape index (κ2) is 12.4. The van der Waals surface area contributed by atoms with Crippen molar-refractivity contribution in [2.75, 3.05) is 38.4 Å². The van der Waals surface area contributed by atoms with Crippen LogP contribution in [0.15, 0.2) is 40.5 Å². The van der Waals surface area contributed by atoms with Crippen molar-refractivity contribution in [3.8, 4) is 0 Å². The molecule has 9 nitrogen and oxygen atoms in total. The van der Waals surface area contributed by atoms with Gasteiger partial charge in [0, 0.05) is 44.0 Å². The Kier molecular flexibility index (Phi) is 9.03. The molecule has 1 aromatic heterocycles. The molecule has 2 aliphatic rings. The van der Waals surface area contributed by atoms with Crippen LogP contribution in [0.4, 0.5) is 16.3 Å². The van der Waals surface area contributed by atoms with Crippen LogP contribution in [0.1, 0.15) is 45.1 Å². The molecular weight excluding hydrogens is 478 g/mol. The summed E-state index contributed by atoms with van der Waals surface area (Å²) in [5, 5.41) is 3.93. The molecule has 2 aromatic rings. The number of esters is 1. The summed E-state index contributed by atoms with van der Waals surface area (Å²) in [7, 11) is 1.66. The van der Waals surface area contributed by atoms with Crippen LogP contribution < -0.4 is 10.2 Å². The lowest BCUT2D eigenvalue weighted by molar-refractivity contribution is -0.147. The molecule has 2 amide bonds. The van der Waals surface area contributed by atoms with Crippen molar-refractivity contribution in [2.45, 2.75) is 56.0 Å². The molecule has 0 aliphatic carbocycles. The van der Waals surface area contributed by atoms with E-state index in [1.165, 1.54) is 0 Å². The predicted molar refractivity (Wildman–Crippen MR) is 138 cm³/mol. The van der Waals surface area contributed by atoms with E-state index in [0.29, 0.717) is 25.8 Å². The van der Waals surface area contributed by atoms with Crippen LogP contribution in [0.25, 0.3) is 0 Å². The first kappa shape index (κ1) is 26.2. The standard InChI is InChI=1S/C26H35N5O4S/c1-4-35-25(32)18(2)5-6-19-9-13-30(14-10-19)26(33)29-16-20-7-8-22-21(15-20)31(17-34-3)23-24(36-22)28-12-11-27-23/h7-8,11-12,15,18-19H,4-6,9-10,13-14,16-17H2,1-3H3,(H,29,33). The number of hydrogen-bond donors (Lipinski definition) is 1. The average molecular weight is 514 g/mol. The van der Waals surface area contributed by atoms with Gasteiger partial charge in [0.25, 0.3) is 0 Å². The van der Waals surface area contributed by atoms with Crippen molar-refractivity contribution < 1.29 is 19.1 Å². The van der Waals surface area contributed by atoms with E-state index in [0.717, 1.165) is 65.8 Å². The normalized spacial score (nSPS) is 16.2. The molecule has 0 saturated carbocycles. The Morgan fingerprint density at radius 1 is 1.22 bits per heavy atom. The molecule has 2 aliphatic heterocycles. The van der Waals surface area contributed by atoms with Gasteiger partial charge < -0.3 is 19.7 Å². The Balaban J connectivity index is 1.28. The van der Waals surface area contributed by atoms with Crippen LogP contribution >= 0.6 is 11.8 Å². The molecule has 1 atom stereocenters. The van der Waals surface area contributed by atoms with E-state index in [-0.39, 0.29) is 17.9 Å². The van der Waals surface area contributed by atoms with Gasteiger partial charge in [-0.3, -0.25) is 9.69 Å². The monoisotopic (exact) mass is 513 g/mol. The average Bonchev–Trinajstić information content (AvgIpc) is 2.90. The number of benzene rings is 1. The molecule has 10 heteroatoms. The second-order valence-corrected chi connectivity index (χ2v) is 10.3. The van der Waals surface area contributed by atoms with Crippen molar-refractivity contribution in [1.82, 2.24) is 20.2 Å². The smallest absolute Gasteiger partial charge is 0.317 e. The van der Waals surface area contributed by atoms with Gasteiger partial charge in [-0.15, -0.1) is 0 Å². The summed E-state index contributed by atoms with van der Waals surface area (Å²) < 4.78 is 10.5. The Bertz CT molecular complexity index is 1060. The highest BCUT2D eigenvalue weighted by atomic mass is 32.2. The molecule has 1 saturated heterocycles. The number of anilines is 2. The predicted octanol–water partition coefficient (Wildman–Crippen LogP) is 4.58. The highest BCUT2D eigenvalue weighted by molar-refractivity contribution is 7.99. The molecule has 36 heavy (non-hydrogen) atoms. The van der Waals surface area contributed by atoms with E-state index >= 15 is 0 Å². The van der Waals surface area contributed by atoms with Crippen LogP contribution in [0.3, 0.4) is 0 Å². The zero-order valence-corrected chi connectivity index (χ0v) is 22.1. The molecule has 1 fully saturated rings. The summed E-state index contributed by atoms with van der Waals surface area (Å²) in [4.78, 5) is 38.6. The van der Waals surface area contributed by atoms with E-state index < -0.39 is 0 Å². The number of likely N-dealkylation sites (tertiary alicyclic amines) is 1. The van der Waals surface area contributed by atoms with Gasteiger partial charge in [0.15, 0.2) is 5.82 Å². The number of aromatic nitrogens is 2. The van der Waals surface area contributed by atoms with Crippen molar-refractivity contribution in [3.05, 3.63) is 36.2 Å². The molecule has 0 bridgehead atoms. The maximum absolute atomic E-state index is 12.8. The van der Waals surface area contributed by atoms with E-state index in [4.69, 9.17) is 9.47 Å². The number of rotatable bonds is 9. The summed E-state index contributed by atoms with van der Waals surface area (Å²) in [5.74, 6) is 1.14. The number of piperidine rings is 1. The van der Waals surface area contributed by atoms with Gasteiger partial charge in [-0.1, -0.05) is 24.8 Å². The molecule has 194 valence electrons. The number of carbonyl (C=O) groups is 2. The Morgan fingerprint density at radius 2 is 2.00 bits per heavy atom. The molecule has 4 rings (SSSR count). The first-order valence-corrected chi connectivity index (χ1v) is 13.4. The Morgan fingerprint density at radius 3 is 2.75 bits per heavy atom. The van der Waals surface area contributed by atoms with Gasteiger partial charge in [0.05, 0.1) is 18.2 Å². The fourth-order valence-electron chi connectivity index (χ4n) is 4.63. The summed E-state index contributed by atoms with van der Waals surface area (Å²) in [6, 6.07) is 6.14. The quantitative estimate of drug-likeness (QED) is 0.487. The van der Waals surface area contributed by atoms with E-state index in [2.05, 4.69) is 27.4 Å². The van der Waals surface area contributed by atoms with Crippen LogP contribution in [0.5, 0.6) is 0 Å². The molecule has 0 spiro atoms. The fraction of sp³-hybridized carbons (Fsp3) is 0.538. The largest absolute Gasteiger partial charge is 0.466 e. The number of hydrogen-bond acceptors (Lipinski definition) is 8. The minimum absolute atomic E-state index is 0.0367. The molecule has 3 heterocycles. The summed E-state index contributed by atoms with van der Waals surface area (Å²) in [5.41, 5.74) is 2.01. The van der Waals surface area contributed by atoms with Crippen LogP contribution in [-0.2, 0) is 20.8 Å². The van der Waals surface area contributed by atoms with Crippen molar-refractivity contribution in [1.29, 1.82) is 0 Å². The van der Waals surface area contributed by atoms with Gasteiger partial charge in [-0.05, 0) is 56.2 Å². The van der Waals surface area contributed by atoms with Crippen LogP contribution in [0, 0.1) is 11.8 Å². The zero-order chi connectivity index (χ0) is 25.5. The number of ether oxygens (including phenoxy) is 2. The minimum atomic E-state index is -0.113. The van der Waals surface area contributed by atoms with E-state index in [9.17, 15) is 9.59 Å². The maximum atomic E-state index is 12.8. The molecule has 1 aromatic carbocycles. The van der Waals surface area contributed by atoms with Gasteiger partial charge in [-0.2, -0.15) is 0 Å². The van der Waals surface area contributed by atoms with E-state index in [1.807, 2.05) is 29.7 Å². The third kappa shape index (κ3) is 6.28. The summed E-state index contributed by atoms with van der Waals surface area (Å²) >= 11 is 1.59. The Hall–Kier alpha value is -2.85. The van der Waals surface area contributed by atoms with E-state index in [1.54, 1.807) is 31.3 Å². The minimum Gasteiger partial charge on any atom is -0.466 e. The number of fused-ring (bicyclic) bond motifs is 2. The molecular formula is C26H35N5O4S. The number of carbonyl (C=O) groups excluding carboxylic acids is 2. The van der Waals surface area contributed by atoms with Gasteiger partial charge in [0.1, 0.15) is 11.8 Å². The molecule has 0 radical (unpaired) electrons. The van der Waals surface area contributed by atoms with Crippen molar-refractivity contribution in [3.63, 3.8) is 0 Å². The number of nitrogens with zero attached hydrogens (tertiary/aromatic N) is 4. The SMILES string of the molecule is CCOC(=O)C(C)CCC1CCN(C(=O)NCc2ccc3c(c2)N(COC)c2nccnc2S3)CC1. The number of nitrogens with one attached hydrogen (secondary N) is 1. The Labute approximate surface area is 216 Å². The van der Waals surface area contributed by atoms with Crippen LogP contribution in [-0.4, -0.2) is 60.4 Å².